The third kappa shape index (κ3) is 3.59. The fraction of sp³-hybridized carbons (Fsp3) is 0.600. The van der Waals surface area contributed by atoms with E-state index in [1.165, 1.54) is 0 Å². The molecule has 3 heterocycles. The third-order valence-corrected chi connectivity index (χ3v) is 4.62. The maximum absolute atomic E-state index is 13.0. The lowest BCUT2D eigenvalue weighted by Gasteiger charge is -2.19. The average Bonchev–Trinajstić information content (AvgIpc) is 3.10. The van der Waals surface area contributed by atoms with Gasteiger partial charge in [-0.3, -0.25) is 4.79 Å². The molecule has 0 aromatic carbocycles. The molecule has 1 aromatic rings. The standard InChI is InChI=1S/C15H19F2N3O.2ClH/c1-8-9(2)13(14(16)17)19-12-7-20(6-11(8)12)15(21)10-3-4-18-5-10;;/h10,14,18H,3-7H2,1-2H3;2*1H/t10-;;/m1../s1. The Morgan fingerprint density at radius 1 is 1.26 bits per heavy atom. The molecule has 1 amide bonds. The van der Waals surface area contributed by atoms with Crippen LogP contribution in [0.5, 0.6) is 0 Å². The van der Waals surface area contributed by atoms with E-state index in [0.717, 1.165) is 24.1 Å². The first-order chi connectivity index (χ1) is 9.99. The minimum Gasteiger partial charge on any atom is -0.332 e. The first-order valence-electron chi connectivity index (χ1n) is 7.25. The van der Waals surface area contributed by atoms with Crippen LogP contribution in [0.4, 0.5) is 8.78 Å². The predicted octanol–water partition coefficient (Wildman–Crippen LogP) is 2.93. The molecule has 4 nitrogen and oxygen atoms in total. The number of carbonyl (C=O) groups is 1. The quantitative estimate of drug-likeness (QED) is 0.873. The highest BCUT2D eigenvalue weighted by Crippen LogP contribution is 2.32. The van der Waals surface area contributed by atoms with Crippen molar-refractivity contribution in [3.8, 4) is 0 Å². The molecule has 0 radical (unpaired) electrons. The molecular weight excluding hydrogens is 347 g/mol. The summed E-state index contributed by atoms with van der Waals surface area (Å²) in [6.07, 6.45) is -1.72. The Kier molecular flexibility index (Phi) is 6.74. The van der Waals surface area contributed by atoms with Crippen molar-refractivity contribution in [1.29, 1.82) is 0 Å². The Bertz CT molecular complexity index is 593. The number of nitrogens with zero attached hydrogens (tertiary/aromatic N) is 2. The Labute approximate surface area is 146 Å². The summed E-state index contributed by atoms with van der Waals surface area (Å²) in [6.45, 7) is 5.93. The Balaban J connectivity index is 0.00000132. The van der Waals surface area contributed by atoms with Crippen LogP contribution in [0.1, 0.15) is 40.9 Å². The number of pyridine rings is 1. The zero-order valence-electron chi connectivity index (χ0n) is 13.1. The minimum atomic E-state index is -2.57. The van der Waals surface area contributed by atoms with Crippen LogP contribution in [0.15, 0.2) is 0 Å². The molecule has 0 unspecified atom stereocenters. The summed E-state index contributed by atoms with van der Waals surface area (Å²) in [4.78, 5) is 18.3. The highest BCUT2D eigenvalue weighted by Gasteiger charge is 2.33. The highest BCUT2D eigenvalue weighted by molar-refractivity contribution is 5.85. The lowest BCUT2D eigenvalue weighted by Crippen LogP contribution is -2.33. The lowest BCUT2D eigenvalue weighted by atomic mass is 10.0. The second-order valence-electron chi connectivity index (χ2n) is 5.86. The van der Waals surface area contributed by atoms with Gasteiger partial charge in [0.15, 0.2) is 0 Å². The Morgan fingerprint density at radius 2 is 1.96 bits per heavy atom. The van der Waals surface area contributed by atoms with Gasteiger partial charge in [-0.1, -0.05) is 0 Å². The smallest absolute Gasteiger partial charge is 0.280 e. The van der Waals surface area contributed by atoms with E-state index in [0.29, 0.717) is 30.9 Å². The van der Waals surface area contributed by atoms with E-state index < -0.39 is 6.43 Å². The van der Waals surface area contributed by atoms with Crippen LogP contribution in [-0.2, 0) is 17.9 Å². The molecule has 1 fully saturated rings. The largest absolute Gasteiger partial charge is 0.332 e. The van der Waals surface area contributed by atoms with Gasteiger partial charge < -0.3 is 10.2 Å². The molecule has 130 valence electrons. The highest BCUT2D eigenvalue weighted by atomic mass is 35.5. The maximum Gasteiger partial charge on any atom is 0.280 e. The summed E-state index contributed by atoms with van der Waals surface area (Å²) in [5.41, 5.74) is 2.81. The number of carbonyl (C=O) groups excluding carboxylic acids is 1. The molecule has 1 saturated heterocycles. The fourth-order valence-corrected chi connectivity index (χ4v) is 3.19. The van der Waals surface area contributed by atoms with Crippen molar-refractivity contribution in [2.45, 2.75) is 39.8 Å². The van der Waals surface area contributed by atoms with Gasteiger partial charge >= 0.3 is 0 Å². The van der Waals surface area contributed by atoms with Gasteiger partial charge in [0.2, 0.25) is 5.91 Å². The Hall–Kier alpha value is -0.980. The van der Waals surface area contributed by atoms with Gasteiger partial charge in [-0.05, 0) is 43.5 Å². The van der Waals surface area contributed by atoms with Crippen molar-refractivity contribution in [2.75, 3.05) is 13.1 Å². The van der Waals surface area contributed by atoms with E-state index in [9.17, 15) is 13.6 Å². The topological polar surface area (TPSA) is 45.2 Å². The van der Waals surface area contributed by atoms with Gasteiger partial charge in [0.05, 0.1) is 18.2 Å². The number of amides is 1. The fourth-order valence-electron chi connectivity index (χ4n) is 3.19. The van der Waals surface area contributed by atoms with E-state index in [1.807, 2.05) is 6.92 Å². The summed E-state index contributed by atoms with van der Waals surface area (Å²) in [5, 5.41) is 3.18. The van der Waals surface area contributed by atoms with Crippen LogP contribution in [0.3, 0.4) is 0 Å². The Morgan fingerprint density at radius 3 is 2.52 bits per heavy atom. The molecule has 3 rings (SSSR count). The van der Waals surface area contributed by atoms with Crippen molar-refractivity contribution in [1.82, 2.24) is 15.2 Å². The second-order valence-corrected chi connectivity index (χ2v) is 5.86. The number of hydrogen-bond acceptors (Lipinski definition) is 3. The summed E-state index contributed by atoms with van der Waals surface area (Å²) in [7, 11) is 0. The van der Waals surface area contributed by atoms with Crippen LogP contribution in [0, 0.1) is 19.8 Å². The van der Waals surface area contributed by atoms with Gasteiger partial charge in [-0.15, -0.1) is 24.8 Å². The number of fused-ring (bicyclic) bond motifs is 1. The number of rotatable bonds is 2. The lowest BCUT2D eigenvalue weighted by molar-refractivity contribution is -0.135. The van der Waals surface area contributed by atoms with E-state index in [1.54, 1.807) is 11.8 Å². The molecule has 2 aliphatic heterocycles. The van der Waals surface area contributed by atoms with E-state index in [2.05, 4.69) is 10.3 Å². The molecule has 0 spiro atoms. The van der Waals surface area contributed by atoms with Crippen molar-refractivity contribution in [3.63, 3.8) is 0 Å². The van der Waals surface area contributed by atoms with Gasteiger partial charge in [-0.2, -0.15) is 0 Å². The zero-order valence-corrected chi connectivity index (χ0v) is 14.7. The third-order valence-electron chi connectivity index (χ3n) is 4.62. The van der Waals surface area contributed by atoms with Crippen LogP contribution in [0.2, 0.25) is 0 Å². The van der Waals surface area contributed by atoms with Gasteiger partial charge in [0.1, 0.15) is 5.69 Å². The molecule has 23 heavy (non-hydrogen) atoms. The summed E-state index contributed by atoms with van der Waals surface area (Å²) in [6, 6.07) is 0. The molecule has 0 saturated carbocycles. The molecule has 1 aromatic heterocycles. The molecule has 0 aliphatic carbocycles. The summed E-state index contributed by atoms with van der Waals surface area (Å²) in [5.74, 6) is 0.115. The number of hydrogen-bond donors (Lipinski definition) is 1. The van der Waals surface area contributed by atoms with Crippen molar-refractivity contribution in [2.24, 2.45) is 5.92 Å². The van der Waals surface area contributed by atoms with Gasteiger partial charge in [0, 0.05) is 13.1 Å². The van der Waals surface area contributed by atoms with Crippen molar-refractivity contribution in [3.05, 3.63) is 28.1 Å². The summed E-state index contributed by atoms with van der Waals surface area (Å²) < 4.78 is 26.1. The second kappa shape index (κ2) is 7.73. The first kappa shape index (κ1) is 20.1. The number of nitrogens with one attached hydrogen (secondary N) is 1. The van der Waals surface area contributed by atoms with Crippen LogP contribution >= 0.6 is 24.8 Å². The maximum atomic E-state index is 13.0. The summed E-state index contributed by atoms with van der Waals surface area (Å²) >= 11 is 0. The van der Waals surface area contributed by atoms with E-state index in [4.69, 9.17) is 0 Å². The molecular formula is C15H21Cl2F2N3O. The number of alkyl halides is 2. The van der Waals surface area contributed by atoms with Crippen LogP contribution < -0.4 is 5.32 Å². The zero-order chi connectivity index (χ0) is 15.1. The molecule has 1 N–H and O–H groups in total. The van der Waals surface area contributed by atoms with E-state index in [-0.39, 0.29) is 42.3 Å². The van der Waals surface area contributed by atoms with Gasteiger partial charge in [0.25, 0.3) is 6.43 Å². The monoisotopic (exact) mass is 367 g/mol. The first-order valence-corrected chi connectivity index (χ1v) is 7.25. The molecule has 2 aliphatic rings. The number of halogens is 4. The molecule has 1 atom stereocenters. The van der Waals surface area contributed by atoms with Crippen molar-refractivity contribution < 1.29 is 13.6 Å². The van der Waals surface area contributed by atoms with Gasteiger partial charge in [-0.25, -0.2) is 13.8 Å². The average molecular weight is 368 g/mol. The molecule has 0 bridgehead atoms. The minimum absolute atomic E-state index is 0. The van der Waals surface area contributed by atoms with Crippen molar-refractivity contribution >= 4 is 30.7 Å². The SMILES string of the molecule is Cc1c(C(F)F)nc2c(c1C)CN(C(=O)[C@@H]1CCNC1)C2.Cl.Cl. The van der Waals surface area contributed by atoms with E-state index >= 15 is 0 Å². The van der Waals surface area contributed by atoms with Crippen LogP contribution in [0.25, 0.3) is 0 Å². The number of aromatic nitrogens is 1. The normalized spacial score (nSPS) is 19.3. The molecule has 8 heteroatoms. The predicted molar refractivity (Wildman–Crippen MR) is 88.4 cm³/mol. The van der Waals surface area contributed by atoms with Crippen LogP contribution in [-0.4, -0.2) is 28.9 Å².